The van der Waals surface area contributed by atoms with E-state index in [0.29, 0.717) is 0 Å². The molecule has 444 valence electrons. The van der Waals surface area contributed by atoms with Gasteiger partial charge in [-0.25, -0.2) is 0 Å². The van der Waals surface area contributed by atoms with Crippen LogP contribution in [0.4, 0.5) is 102 Å². The first-order chi connectivity index (χ1) is 47.2. The van der Waals surface area contributed by atoms with E-state index in [0.717, 1.165) is 136 Å². The largest absolute Gasteiger partial charge is 0.458 e. The minimum atomic E-state index is -0.284. The fourth-order valence-corrected chi connectivity index (χ4v) is 15.6. The number of rotatable bonds is 10. The summed E-state index contributed by atoms with van der Waals surface area (Å²) in [5, 5.41) is 0. The lowest BCUT2D eigenvalue weighted by Gasteiger charge is -2.46. The molecule has 0 radical (unpaired) electrons. The van der Waals surface area contributed by atoms with E-state index in [9.17, 15) is 0 Å². The second-order valence-corrected chi connectivity index (χ2v) is 24.8. The van der Waals surface area contributed by atoms with E-state index in [1.807, 2.05) is 0 Å². The number of fused-ring (bicyclic) bond motifs is 11. The van der Waals surface area contributed by atoms with E-state index in [2.05, 4.69) is 381 Å². The molecule has 0 amide bonds. The van der Waals surface area contributed by atoms with Crippen molar-refractivity contribution in [3.63, 3.8) is 0 Å². The number of benzene rings is 14. The standard InChI is InChI=1S/C86H58B2N6O/c1-9-30-60(31-10-1)89(61-32-11-2-12-33-61)68-53-79-84-80(54-68)93(66-42-21-7-22-43-66)78-58-82-74(57-73(78)87(84)71-46-26-28-48-77(71)92(79)65-40-19-6-20-41-65)88-72-51-52-76-70(50-49-59-29-25-27-47-75(59)91(76)64-38-17-5-18-39-64)86(72)94(67-44-23-8-24-45-67)81-55-69(56-83(95-82)85(81)88)90(62-34-13-3-14-35-62)63-36-15-4-16-37-63/h1-58H. The normalized spacial score (nSPS) is 13.2. The van der Waals surface area contributed by atoms with Gasteiger partial charge in [0.25, 0.3) is 13.4 Å². The highest BCUT2D eigenvalue weighted by Gasteiger charge is 2.49. The Labute approximate surface area is 554 Å². The predicted molar refractivity (Wildman–Crippen MR) is 399 cm³/mol. The van der Waals surface area contributed by atoms with Crippen LogP contribution >= 0.6 is 0 Å². The van der Waals surface area contributed by atoms with Gasteiger partial charge >= 0.3 is 0 Å². The zero-order valence-corrected chi connectivity index (χ0v) is 51.7. The first-order valence-electron chi connectivity index (χ1n) is 32.6. The van der Waals surface area contributed by atoms with Gasteiger partial charge in [0.2, 0.25) is 0 Å². The van der Waals surface area contributed by atoms with E-state index < -0.39 is 0 Å². The maximum absolute atomic E-state index is 7.88. The smallest absolute Gasteiger partial charge is 0.256 e. The van der Waals surface area contributed by atoms with Gasteiger partial charge in [-0.15, -0.1) is 0 Å². The molecule has 0 aliphatic carbocycles. The average Bonchev–Trinajstić information content (AvgIpc) is 1.49. The first-order valence-corrected chi connectivity index (χ1v) is 32.6. The fraction of sp³-hybridized carbons (Fsp3) is 0. The number of nitrogens with zero attached hydrogens (tertiary/aromatic N) is 6. The summed E-state index contributed by atoms with van der Waals surface area (Å²) in [5.74, 6) is 1.61. The Bertz CT molecular complexity index is 5240. The Kier molecular flexibility index (Phi) is 12.7. The molecule has 0 spiro atoms. The van der Waals surface area contributed by atoms with Crippen molar-refractivity contribution in [1.29, 1.82) is 0 Å². The second kappa shape index (κ2) is 22.2. The van der Waals surface area contributed by atoms with Crippen molar-refractivity contribution in [3.05, 3.63) is 351 Å². The van der Waals surface area contributed by atoms with Crippen molar-refractivity contribution in [2.75, 3.05) is 29.4 Å². The first kappa shape index (κ1) is 54.3. The van der Waals surface area contributed by atoms with Gasteiger partial charge in [0.15, 0.2) is 0 Å². The Morgan fingerprint density at radius 3 is 1.18 bits per heavy atom. The molecule has 0 unspecified atom stereocenters. The molecule has 0 atom stereocenters. The van der Waals surface area contributed by atoms with Gasteiger partial charge in [-0.2, -0.15) is 0 Å². The number of hydrogen-bond acceptors (Lipinski definition) is 7. The van der Waals surface area contributed by atoms with Gasteiger partial charge in [-0.05, 0) is 172 Å². The van der Waals surface area contributed by atoms with Crippen molar-refractivity contribution in [1.82, 2.24) is 0 Å². The monoisotopic (exact) mass is 1210 g/mol. The third-order valence-corrected chi connectivity index (χ3v) is 19.5. The summed E-state index contributed by atoms with van der Waals surface area (Å²) in [7, 11) is 0. The Balaban J connectivity index is 0.917. The highest BCUT2D eigenvalue weighted by Crippen LogP contribution is 2.53. The topological polar surface area (TPSA) is 28.7 Å². The lowest BCUT2D eigenvalue weighted by molar-refractivity contribution is 0.488. The van der Waals surface area contributed by atoms with Gasteiger partial charge in [0.05, 0.1) is 28.4 Å². The molecule has 0 saturated carbocycles. The van der Waals surface area contributed by atoms with Gasteiger partial charge in [-0.1, -0.05) is 206 Å². The van der Waals surface area contributed by atoms with Crippen LogP contribution in [0.5, 0.6) is 11.5 Å². The molecule has 14 aromatic rings. The van der Waals surface area contributed by atoms with Crippen LogP contribution in [-0.2, 0) is 0 Å². The number of anilines is 18. The highest BCUT2D eigenvalue weighted by atomic mass is 16.5. The maximum Gasteiger partial charge on any atom is 0.256 e. The van der Waals surface area contributed by atoms with Gasteiger partial charge in [0.1, 0.15) is 11.5 Å². The maximum atomic E-state index is 7.88. The second-order valence-electron chi connectivity index (χ2n) is 24.8. The van der Waals surface area contributed by atoms with Crippen molar-refractivity contribution < 1.29 is 4.74 Å². The van der Waals surface area contributed by atoms with Crippen LogP contribution in [0.1, 0.15) is 11.1 Å². The van der Waals surface area contributed by atoms with Crippen LogP contribution < -0.4 is 66.9 Å². The molecule has 0 aromatic heterocycles. The average molecular weight is 1210 g/mol. The quantitative estimate of drug-likeness (QED) is 0.126. The SMILES string of the molecule is C1=Cc2c(ccc3c2N(c2ccccc2)c2cc(N(c4ccccc4)c4ccccc4)cc4c2B3c2cc3c(cc2O4)N(c2ccccc2)c2cc(N(c4ccccc4)c4ccccc4)cc4c2B3c2ccccc2N4c2ccccc2)N(c2ccccc2)c2ccccc21. The molecular formula is C86H58B2N6O. The minimum Gasteiger partial charge on any atom is -0.458 e. The van der Waals surface area contributed by atoms with E-state index in [1.165, 1.54) is 21.9 Å². The minimum absolute atomic E-state index is 0.197. The fourth-order valence-electron chi connectivity index (χ4n) is 15.6. The van der Waals surface area contributed by atoms with Crippen LogP contribution in [0.15, 0.2) is 340 Å². The summed E-state index contributed by atoms with van der Waals surface area (Å²) in [5.41, 5.74) is 28.6. The predicted octanol–water partition coefficient (Wildman–Crippen LogP) is 19.1. The van der Waals surface area contributed by atoms with Gasteiger partial charge in [0, 0.05) is 91.6 Å². The Morgan fingerprint density at radius 1 is 0.242 bits per heavy atom. The third kappa shape index (κ3) is 8.70. The lowest BCUT2D eigenvalue weighted by Crippen LogP contribution is -2.64. The van der Waals surface area contributed by atoms with Crippen molar-refractivity contribution >= 4 is 161 Å². The molecule has 0 N–H and O–H groups in total. The molecule has 0 saturated heterocycles. The molecule has 5 aliphatic rings. The summed E-state index contributed by atoms with van der Waals surface area (Å²) >= 11 is 0. The Hall–Kier alpha value is -12.5. The molecule has 5 heterocycles. The lowest BCUT2D eigenvalue weighted by atomic mass is 9.30. The van der Waals surface area contributed by atoms with E-state index in [1.54, 1.807) is 0 Å². The van der Waals surface area contributed by atoms with Crippen molar-refractivity contribution in [2.45, 2.75) is 0 Å². The molecule has 0 fully saturated rings. The highest BCUT2D eigenvalue weighted by molar-refractivity contribution is 7.02. The van der Waals surface area contributed by atoms with Gasteiger partial charge in [-0.3, -0.25) is 0 Å². The van der Waals surface area contributed by atoms with Crippen LogP contribution in [0.25, 0.3) is 12.2 Å². The van der Waals surface area contributed by atoms with Crippen LogP contribution in [0.3, 0.4) is 0 Å². The molecule has 95 heavy (non-hydrogen) atoms. The van der Waals surface area contributed by atoms with E-state index in [4.69, 9.17) is 4.74 Å². The third-order valence-electron chi connectivity index (χ3n) is 19.5. The summed E-state index contributed by atoms with van der Waals surface area (Å²) in [4.78, 5) is 14.8. The number of para-hydroxylation sites is 10. The number of hydrogen-bond donors (Lipinski definition) is 0. The van der Waals surface area contributed by atoms with E-state index in [-0.39, 0.29) is 13.4 Å². The van der Waals surface area contributed by atoms with Crippen molar-refractivity contribution in [3.8, 4) is 11.5 Å². The zero-order chi connectivity index (χ0) is 62.5. The summed E-state index contributed by atoms with van der Waals surface area (Å²) in [6.45, 7) is -0.481. The van der Waals surface area contributed by atoms with Crippen molar-refractivity contribution in [2.24, 2.45) is 0 Å². The van der Waals surface area contributed by atoms with Gasteiger partial charge < -0.3 is 34.1 Å². The Morgan fingerprint density at radius 2 is 0.653 bits per heavy atom. The molecule has 9 heteroatoms. The van der Waals surface area contributed by atoms with Crippen LogP contribution in [-0.4, -0.2) is 13.4 Å². The number of ether oxygens (including phenoxy) is 1. The van der Waals surface area contributed by atoms with Crippen LogP contribution in [0, 0.1) is 0 Å². The molecule has 19 rings (SSSR count). The molecular weight excluding hydrogens is 1150 g/mol. The molecule has 14 aromatic carbocycles. The summed E-state index contributed by atoms with van der Waals surface area (Å²) in [6, 6.07) is 124. The zero-order valence-electron chi connectivity index (χ0n) is 51.7. The van der Waals surface area contributed by atoms with Crippen LogP contribution in [0.2, 0.25) is 0 Å². The molecule has 0 bridgehead atoms. The summed E-state index contributed by atoms with van der Waals surface area (Å²) in [6.07, 6.45) is 4.68. The van der Waals surface area contributed by atoms with E-state index >= 15 is 0 Å². The molecule has 5 aliphatic heterocycles. The summed E-state index contributed by atoms with van der Waals surface area (Å²) < 4.78 is 7.88. The molecule has 7 nitrogen and oxygen atoms in total.